The Bertz CT molecular complexity index is 605. The standard InChI is InChI=1S/C16H27N3O2S.ClH/c1-13(17)15-7-5-9-19(12-15)11-14-6-4-8-16(10-14)22(20,21)18(2)3;/h4,6,8,10,13,15H,5,7,9,11-12,17H2,1-3H3;1H. The summed E-state index contributed by atoms with van der Waals surface area (Å²) in [5.74, 6) is 0.530. The summed E-state index contributed by atoms with van der Waals surface area (Å²) in [5, 5.41) is 0. The van der Waals surface area contributed by atoms with Gasteiger partial charge in [0.25, 0.3) is 0 Å². The van der Waals surface area contributed by atoms with Gasteiger partial charge < -0.3 is 5.73 Å². The van der Waals surface area contributed by atoms with E-state index in [2.05, 4.69) is 11.8 Å². The normalized spacial score (nSPS) is 21.0. The van der Waals surface area contributed by atoms with Crippen LogP contribution in [0.2, 0.25) is 0 Å². The monoisotopic (exact) mass is 361 g/mol. The molecule has 0 radical (unpaired) electrons. The first-order valence-corrected chi connectivity index (χ1v) is 9.24. The Morgan fingerprint density at radius 1 is 1.39 bits per heavy atom. The molecule has 0 bridgehead atoms. The number of halogens is 1. The molecule has 1 aromatic carbocycles. The van der Waals surface area contributed by atoms with Crippen LogP contribution in [0.3, 0.4) is 0 Å². The highest BCUT2D eigenvalue weighted by Crippen LogP contribution is 2.22. The molecule has 2 rings (SSSR count). The number of rotatable bonds is 5. The van der Waals surface area contributed by atoms with E-state index in [4.69, 9.17) is 5.73 Å². The van der Waals surface area contributed by atoms with Crippen molar-refractivity contribution in [2.24, 2.45) is 11.7 Å². The van der Waals surface area contributed by atoms with Crippen LogP contribution in [0.15, 0.2) is 29.2 Å². The van der Waals surface area contributed by atoms with E-state index in [-0.39, 0.29) is 18.4 Å². The molecule has 7 heteroatoms. The first kappa shape index (κ1) is 20.4. The molecule has 1 fully saturated rings. The van der Waals surface area contributed by atoms with Gasteiger partial charge in [0.2, 0.25) is 10.0 Å². The maximum atomic E-state index is 12.2. The molecule has 2 N–H and O–H groups in total. The third kappa shape index (κ3) is 5.16. The highest BCUT2D eigenvalue weighted by atomic mass is 35.5. The van der Waals surface area contributed by atoms with E-state index in [0.29, 0.717) is 10.8 Å². The van der Waals surface area contributed by atoms with Gasteiger partial charge >= 0.3 is 0 Å². The van der Waals surface area contributed by atoms with Gasteiger partial charge in [0, 0.05) is 33.2 Å². The molecule has 0 aromatic heterocycles. The largest absolute Gasteiger partial charge is 0.328 e. The van der Waals surface area contributed by atoms with Gasteiger partial charge in [0.05, 0.1) is 4.90 Å². The Hall–Kier alpha value is -0.660. The number of nitrogens with zero attached hydrogens (tertiary/aromatic N) is 2. The number of benzene rings is 1. The minimum absolute atomic E-state index is 0. The summed E-state index contributed by atoms with van der Waals surface area (Å²) in [5.41, 5.74) is 7.06. The van der Waals surface area contributed by atoms with Gasteiger partial charge in [-0.2, -0.15) is 0 Å². The van der Waals surface area contributed by atoms with E-state index in [1.807, 2.05) is 12.1 Å². The van der Waals surface area contributed by atoms with Crippen LogP contribution in [0, 0.1) is 5.92 Å². The molecule has 1 aliphatic heterocycles. The van der Waals surface area contributed by atoms with Crippen LogP contribution in [0.1, 0.15) is 25.3 Å². The van der Waals surface area contributed by atoms with E-state index in [1.165, 1.54) is 10.7 Å². The quantitative estimate of drug-likeness (QED) is 0.870. The van der Waals surface area contributed by atoms with Crippen LogP contribution in [0.25, 0.3) is 0 Å². The number of hydrogen-bond donors (Lipinski definition) is 1. The molecule has 5 nitrogen and oxygen atoms in total. The summed E-state index contributed by atoms with van der Waals surface area (Å²) in [6, 6.07) is 7.45. The van der Waals surface area contributed by atoms with E-state index in [0.717, 1.165) is 31.6 Å². The zero-order valence-corrected chi connectivity index (χ0v) is 15.7. The van der Waals surface area contributed by atoms with Gasteiger partial charge in [-0.3, -0.25) is 4.90 Å². The van der Waals surface area contributed by atoms with Crippen molar-refractivity contribution in [3.63, 3.8) is 0 Å². The summed E-state index contributed by atoms with van der Waals surface area (Å²) in [4.78, 5) is 2.73. The molecule has 2 atom stereocenters. The molecule has 1 heterocycles. The van der Waals surface area contributed by atoms with E-state index >= 15 is 0 Å². The Balaban J connectivity index is 0.00000264. The predicted molar refractivity (Wildman–Crippen MR) is 96.2 cm³/mol. The van der Waals surface area contributed by atoms with Crippen LogP contribution >= 0.6 is 12.4 Å². The highest BCUT2D eigenvalue weighted by Gasteiger charge is 2.23. The number of nitrogens with two attached hydrogens (primary N) is 1. The zero-order valence-electron chi connectivity index (χ0n) is 14.1. The number of piperidine rings is 1. The summed E-state index contributed by atoms with van der Waals surface area (Å²) in [6.45, 7) is 4.88. The molecule has 2 unspecified atom stereocenters. The van der Waals surface area contributed by atoms with Crippen molar-refractivity contribution in [2.45, 2.75) is 37.2 Å². The summed E-state index contributed by atoms with van der Waals surface area (Å²) in [6.07, 6.45) is 2.34. The van der Waals surface area contributed by atoms with Crippen molar-refractivity contribution in [2.75, 3.05) is 27.2 Å². The Kier molecular flexibility index (Phi) is 7.48. The van der Waals surface area contributed by atoms with Crippen molar-refractivity contribution >= 4 is 22.4 Å². The molecule has 23 heavy (non-hydrogen) atoms. The average molecular weight is 362 g/mol. The lowest BCUT2D eigenvalue weighted by molar-refractivity contribution is 0.154. The molecule has 1 aromatic rings. The lowest BCUT2D eigenvalue weighted by Gasteiger charge is -2.34. The molecule has 0 spiro atoms. The number of likely N-dealkylation sites (tertiary alicyclic amines) is 1. The topological polar surface area (TPSA) is 66.6 Å². The lowest BCUT2D eigenvalue weighted by Crippen LogP contribution is -2.41. The number of sulfonamides is 1. The molecule has 132 valence electrons. The fourth-order valence-corrected chi connectivity index (χ4v) is 3.91. The highest BCUT2D eigenvalue weighted by molar-refractivity contribution is 7.89. The molecule has 0 amide bonds. The Morgan fingerprint density at radius 3 is 2.70 bits per heavy atom. The minimum Gasteiger partial charge on any atom is -0.328 e. The molecular weight excluding hydrogens is 334 g/mol. The van der Waals surface area contributed by atoms with Gasteiger partial charge in [-0.15, -0.1) is 12.4 Å². The van der Waals surface area contributed by atoms with E-state index in [9.17, 15) is 8.42 Å². The fraction of sp³-hybridized carbons (Fsp3) is 0.625. The Labute approximate surface area is 146 Å². The first-order valence-electron chi connectivity index (χ1n) is 7.80. The van der Waals surface area contributed by atoms with Crippen molar-refractivity contribution < 1.29 is 8.42 Å². The summed E-state index contributed by atoms with van der Waals surface area (Å²) in [7, 11) is -0.259. The van der Waals surface area contributed by atoms with Crippen molar-refractivity contribution in [1.29, 1.82) is 0 Å². The smallest absolute Gasteiger partial charge is 0.242 e. The van der Waals surface area contributed by atoms with Crippen LogP contribution < -0.4 is 5.73 Å². The van der Waals surface area contributed by atoms with E-state index < -0.39 is 10.0 Å². The van der Waals surface area contributed by atoms with Gasteiger partial charge in [-0.05, 0) is 49.9 Å². The minimum atomic E-state index is -3.37. The third-order valence-electron chi connectivity index (χ3n) is 4.37. The van der Waals surface area contributed by atoms with Gasteiger partial charge in [0.15, 0.2) is 0 Å². The average Bonchev–Trinajstić information content (AvgIpc) is 2.47. The Morgan fingerprint density at radius 2 is 2.09 bits per heavy atom. The second-order valence-corrected chi connectivity index (χ2v) is 8.58. The SMILES string of the molecule is CC(N)C1CCCN(Cc2cccc(S(=O)(=O)N(C)C)c2)C1.Cl. The maximum absolute atomic E-state index is 12.2. The van der Waals surface area contributed by atoms with Crippen molar-refractivity contribution in [1.82, 2.24) is 9.21 Å². The molecule has 1 aliphatic rings. The van der Waals surface area contributed by atoms with Crippen LogP contribution in [0.4, 0.5) is 0 Å². The van der Waals surface area contributed by atoms with Gasteiger partial charge in [-0.1, -0.05) is 12.1 Å². The van der Waals surface area contributed by atoms with E-state index in [1.54, 1.807) is 26.2 Å². The zero-order chi connectivity index (χ0) is 16.3. The second kappa shape index (κ2) is 8.44. The van der Waals surface area contributed by atoms with Crippen molar-refractivity contribution in [3.05, 3.63) is 29.8 Å². The van der Waals surface area contributed by atoms with Crippen LogP contribution in [0.5, 0.6) is 0 Å². The van der Waals surface area contributed by atoms with Crippen molar-refractivity contribution in [3.8, 4) is 0 Å². The number of hydrogen-bond acceptors (Lipinski definition) is 4. The summed E-state index contributed by atoms with van der Waals surface area (Å²) < 4.78 is 25.7. The van der Waals surface area contributed by atoms with Gasteiger partial charge in [0.1, 0.15) is 0 Å². The van der Waals surface area contributed by atoms with Crippen LogP contribution in [-0.4, -0.2) is 50.8 Å². The van der Waals surface area contributed by atoms with Crippen LogP contribution in [-0.2, 0) is 16.6 Å². The third-order valence-corrected chi connectivity index (χ3v) is 6.18. The predicted octanol–water partition coefficient (Wildman–Crippen LogP) is 1.92. The molecule has 0 saturated carbocycles. The molecule has 0 aliphatic carbocycles. The summed E-state index contributed by atoms with van der Waals surface area (Å²) >= 11 is 0. The van der Waals surface area contributed by atoms with Gasteiger partial charge in [-0.25, -0.2) is 12.7 Å². The molecule has 1 saturated heterocycles. The first-order chi connectivity index (χ1) is 10.3. The molecular formula is C16H28ClN3O2S. The lowest BCUT2D eigenvalue weighted by atomic mass is 9.92. The maximum Gasteiger partial charge on any atom is 0.242 e. The second-order valence-electron chi connectivity index (χ2n) is 6.43. The fourth-order valence-electron chi connectivity index (χ4n) is 2.94.